The molecule has 0 N–H and O–H groups in total. The average Bonchev–Trinajstić information content (AvgIpc) is 3.21. The van der Waals surface area contributed by atoms with E-state index in [-0.39, 0.29) is 11.1 Å². The fourth-order valence-corrected chi connectivity index (χ4v) is 3.67. The molecule has 0 atom stereocenters. The lowest BCUT2D eigenvalue weighted by Gasteiger charge is -2.26. The first-order valence-electron chi connectivity index (χ1n) is 9.76. The van der Waals surface area contributed by atoms with E-state index in [9.17, 15) is 4.79 Å². The van der Waals surface area contributed by atoms with Gasteiger partial charge in [-0.15, -0.1) is 10.2 Å². The van der Waals surface area contributed by atoms with Crippen LogP contribution >= 0.6 is 0 Å². The highest BCUT2D eigenvalue weighted by atomic mass is 16.5. The molecule has 148 valence electrons. The molecule has 0 spiro atoms. The molecule has 5 rings (SSSR count). The van der Waals surface area contributed by atoms with Gasteiger partial charge in [0.1, 0.15) is 6.33 Å². The van der Waals surface area contributed by atoms with Crippen LogP contribution in [0.15, 0.2) is 47.7 Å². The molecule has 1 aliphatic rings. The molecule has 9 heteroatoms. The van der Waals surface area contributed by atoms with Crippen molar-refractivity contribution in [3.63, 3.8) is 0 Å². The number of hydrogen-bond donors (Lipinski definition) is 0. The van der Waals surface area contributed by atoms with Crippen molar-refractivity contribution in [2.45, 2.75) is 13.0 Å². The van der Waals surface area contributed by atoms with Crippen LogP contribution in [-0.4, -0.2) is 67.1 Å². The van der Waals surface area contributed by atoms with E-state index in [4.69, 9.17) is 4.74 Å². The summed E-state index contributed by atoms with van der Waals surface area (Å²) in [6.45, 7) is 4.95. The zero-order valence-corrected chi connectivity index (χ0v) is 15.9. The summed E-state index contributed by atoms with van der Waals surface area (Å²) in [6, 6.07) is 9.85. The van der Waals surface area contributed by atoms with E-state index in [1.54, 1.807) is 21.6 Å². The Kier molecular flexibility index (Phi) is 4.74. The van der Waals surface area contributed by atoms with Gasteiger partial charge in [0.15, 0.2) is 16.8 Å². The SMILES string of the molecule is O=c1c2nnc3c(-c4ccccc4)cnn3c2ncn1CCCN1CCOCC1. The molecule has 0 saturated carbocycles. The standard InChI is InChI=1S/C20H21N7O2/c28-20-17-19(21-14-26(20)8-4-7-25-9-11-29-12-10-25)27-18(24-23-17)16(13-22-27)15-5-2-1-3-6-15/h1-3,5-6,13-14H,4,7-12H2. The van der Waals surface area contributed by atoms with Crippen LogP contribution < -0.4 is 5.56 Å². The van der Waals surface area contributed by atoms with Gasteiger partial charge in [-0.2, -0.15) is 9.61 Å². The number of benzene rings is 1. The quantitative estimate of drug-likeness (QED) is 0.505. The second-order valence-electron chi connectivity index (χ2n) is 7.08. The predicted octanol–water partition coefficient (Wildman–Crippen LogP) is 1.22. The second kappa shape index (κ2) is 7.69. The number of aromatic nitrogens is 6. The summed E-state index contributed by atoms with van der Waals surface area (Å²) in [5, 5.41) is 12.9. The Morgan fingerprint density at radius 2 is 1.83 bits per heavy atom. The van der Waals surface area contributed by atoms with Gasteiger partial charge in [-0.1, -0.05) is 30.3 Å². The maximum Gasteiger partial charge on any atom is 0.283 e. The van der Waals surface area contributed by atoms with E-state index in [1.165, 1.54) is 0 Å². The Morgan fingerprint density at radius 1 is 1.00 bits per heavy atom. The number of fused-ring (bicyclic) bond motifs is 3. The largest absolute Gasteiger partial charge is 0.379 e. The van der Waals surface area contributed by atoms with Gasteiger partial charge < -0.3 is 4.74 Å². The summed E-state index contributed by atoms with van der Waals surface area (Å²) < 4.78 is 8.56. The Morgan fingerprint density at radius 3 is 2.66 bits per heavy atom. The summed E-state index contributed by atoms with van der Waals surface area (Å²) in [7, 11) is 0. The lowest BCUT2D eigenvalue weighted by atomic mass is 10.1. The minimum absolute atomic E-state index is 0.192. The Labute approximate surface area is 166 Å². The molecule has 0 unspecified atom stereocenters. The second-order valence-corrected chi connectivity index (χ2v) is 7.08. The van der Waals surface area contributed by atoms with Crippen LogP contribution in [-0.2, 0) is 11.3 Å². The Hall–Kier alpha value is -3.17. The molecule has 4 heterocycles. The normalized spacial score (nSPS) is 15.3. The monoisotopic (exact) mass is 391 g/mol. The lowest BCUT2D eigenvalue weighted by Crippen LogP contribution is -2.37. The van der Waals surface area contributed by atoms with E-state index in [0.29, 0.717) is 17.8 Å². The van der Waals surface area contributed by atoms with E-state index in [2.05, 4.69) is 25.2 Å². The number of aryl methyl sites for hydroxylation is 1. The third-order valence-corrected chi connectivity index (χ3v) is 5.25. The van der Waals surface area contributed by atoms with Crippen molar-refractivity contribution in [1.29, 1.82) is 0 Å². The molecule has 29 heavy (non-hydrogen) atoms. The molecule has 0 aliphatic carbocycles. The lowest BCUT2D eigenvalue weighted by molar-refractivity contribution is 0.0369. The van der Waals surface area contributed by atoms with Crippen molar-refractivity contribution in [3.8, 4) is 11.1 Å². The fraction of sp³-hybridized carbons (Fsp3) is 0.350. The fourth-order valence-electron chi connectivity index (χ4n) is 3.67. The molecule has 4 aromatic rings. The topological polar surface area (TPSA) is 90.4 Å². The smallest absolute Gasteiger partial charge is 0.283 e. The highest BCUT2D eigenvalue weighted by molar-refractivity contribution is 5.80. The summed E-state index contributed by atoms with van der Waals surface area (Å²) in [5.74, 6) is 0. The Bertz CT molecular complexity index is 1200. The van der Waals surface area contributed by atoms with Gasteiger partial charge in [0.25, 0.3) is 5.56 Å². The van der Waals surface area contributed by atoms with Gasteiger partial charge in [-0.05, 0) is 12.0 Å². The van der Waals surface area contributed by atoms with Crippen LogP contribution in [0.2, 0.25) is 0 Å². The van der Waals surface area contributed by atoms with Crippen molar-refractivity contribution in [3.05, 3.63) is 53.2 Å². The third-order valence-electron chi connectivity index (χ3n) is 5.25. The van der Waals surface area contributed by atoms with E-state index in [0.717, 1.165) is 50.4 Å². The number of hydrogen-bond acceptors (Lipinski definition) is 7. The maximum absolute atomic E-state index is 12.9. The van der Waals surface area contributed by atoms with Crippen molar-refractivity contribution >= 4 is 16.8 Å². The summed E-state index contributed by atoms with van der Waals surface area (Å²) in [6.07, 6.45) is 4.17. The van der Waals surface area contributed by atoms with Crippen LogP contribution in [0.4, 0.5) is 0 Å². The van der Waals surface area contributed by atoms with Crippen LogP contribution in [0.25, 0.3) is 27.9 Å². The van der Waals surface area contributed by atoms with Crippen molar-refractivity contribution in [2.24, 2.45) is 0 Å². The minimum atomic E-state index is -0.192. The highest BCUT2D eigenvalue weighted by Gasteiger charge is 2.15. The van der Waals surface area contributed by atoms with Gasteiger partial charge >= 0.3 is 0 Å². The molecule has 1 saturated heterocycles. The van der Waals surface area contributed by atoms with Crippen LogP contribution in [0.5, 0.6) is 0 Å². The first kappa shape index (κ1) is 17.9. The van der Waals surface area contributed by atoms with Crippen LogP contribution in [0.1, 0.15) is 6.42 Å². The first-order valence-corrected chi connectivity index (χ1v) is 9.76. The molecule has 9 nitrogen and oxygen atoms in total. The third kappa shape index (κ3) is 3.39. The first-order chi connectivity index (χ1) is 14.3. The number of rotatable bonds is 5. The molecule has 1 fully saturated rings. The zero-order chi connectivity index (χ0) is 19.6. The van der Waals surface area contributed by atoms with E-state index >= 15 is 0 Å². The number of ether oxygens (including phenoxy) is 1. The predicted molar refractivity (Wildman–Crippen MR) is 108 cm³/mol. The van der Waals surface area contributed by atoms with Crippen LogP contribution in [0.3, 0.4) is 0 Å². The molecule has 0 radical (unpaired) electrons. The summed E-state index contributed by atoms with van der Waals surface area (Å²) in [5.41, 5.74) is 2.90. The van der Waals surface area contributed by atoms with Crippen LogP contribution in [0, 0.1) is 0 Å². The molecule has 0 bridgehead atoms. The van der Waals surface area contributed by atoms with Gasteiger partial charge in [0.05, 0.1) is 19.4 Å². The van der Waals surface area contributed by atoms with Crippen molar-refractivity contribution in [1.82, 2.24) is 34.3 Å². The van der Waals surface area contributed by atoms with E-state index < -0.39 is 0 Å². The number of nitrogens with zero attached hydrogens (tertiary/aromatic N) is 7. The molecular weight excluding hydrogens is 370 g/mol. The Balaban J connectivity index is 1.43. The molecule has 3 aromatic heterocycles. The molecular formula is C20H21N7O2. The summed E-state index contributed by atoms with van der Waals surface area (Å²) >= 11 is 0. The van der Waals surface area contributed by atoms with E-state index in [1.807, 2.05) is 30.3 Å². The minimum Gasteiger partial charge on any atom is -0.379 e. The van der Waals surface area contributed by atoms with Crippen molar-refractivity contribution < 1.29 is 4.74 Å². The molecule has 1 aliphatic heterocycles. The average molecular weight is 391 g/mol. The van der Waals surface area contributed by atoms with Gasteiger partial charge in [-0.3, -0.25) is 14.3 Å². The zero-order valence-electron chi connectivity index (χ0n) is 15.9. The van der Waals surface area contributed by atoms with Gasteiger partial charge in [0, 0.05) is 31.7 Å². The van der Waals surface area contributed by atoms with Crippen molar-refractivity contribution in [2.75, 3.05) is 32.8 Å². The van der Waals surface area contributed by atoms with Gasteiger partial charge in [-0.25, -0.2) is 4.98 Å². The highest BCUT2D eigenvalue weighted by Crippen LogP contribution is 2.23. The molecule has 0 amide bonds. The number of morpholine rings is 1. The molecule has 1 aromatic carbocycles. The van der Waals surface area contributed by atoms with Gasteiger partial charge in [0.2, 0.25) is 0 Å². The summed E-state index contributed by atoms with van der Waals surface area (Å²) in [4.78, 5) is 19.7. The maximum atomic E-state index is 12.9.